The SMILES string of the molecule is NC(=O)C1(NC2CCCOCC2)CC1. The molecule has 0 bridgehead atoms. The normalized spacial score (nSPS) is 30.7. The lowest BCUT2D eigenvalue weighted by Gasteiger charge is -2.21. The number of carbonyl (C=O) groups excluding carboxylic acids is 1. The molecule has 0 spiro atoms. The van der Waals surface area contributed by atoms with Crippen LogP contribution in [0.15, 0.2) is 0 Å². The van der Waals surface area contributed by atoms with Crippen molar-refractivity contribution in [3.8, 4) is 0 Å². The van der Waals surface area contributed by atoms with Gasteiger partial charge in [0, 0.05) is 19.3 Å². The minimum atomic E-state index is -0.366. The van der Waals surface area contributed by atoms with Crippen LogP contribution in [0.1, 0.15) is 32.1 Å². The minimum absolute atomic E-state index is 0.192. The molecule has 2 fully saturated rings. The zero-order valence-electron chi connectivity index (χ0n) is 8.42. The first-order valence-electron chi connectivity index (χ1n) is 5.38. The molecule has 1 aliphatic heterocycles. The number of ether oxygens (including phenoxy) is 1. The lowest BCUT2D eigenvalue weighted by Crippen LogP contribution is -2.48. The van der Waals surface area contributed by atoms with Gasteiger partial charge in [0.05, 0.1) is 5.54 Å². The Bertz CT molecular complexity index is 218. The highest BCUT2D eigenvalue weighted by Gasteiger charge is 2.49. The summed E-state index contributed by atoms with van der Waals surface area (Å²) < 4.78 is 5.36. The number of primary amides is 1. The largest absolute Gasteiger partial charge is 0.381 e. The van der Waals surface area contributed by atoms with E-state index in [9.17, 15) is 4.79 Å². The van der Waals surface area contributed by atoms with Crippen molar-refractivity contribution in [1.82, 2.24) is 5.32 Å². The molecule has 1 heterocycles. The topological polar surface area (TPSA) is 64.4 Å². The highest BCUT2D eigenvalue weighted by Crippen LogP contribution is 2.36. The number of nitrogens with one attached hydrogen (secondary N) is 1. The van der Waals surface area contributed by atoms with Crippen molar-refractivity contribution >= 4 is 5.91 Å². The molecule has 0 radical (unpaired) electrons. The molecule has 4 heteroatoms. The van der Waals surface area contributed by atoms with E-state index in [2.05, 4.69) is 5.32 Å². The van der Waals surface area contributed by atoms with Crippen LogP contribution in [0.2, 0.25) is 0 Å². The molecule has 1 aliphatic carbocycles. The van der Waals surface area contributed by atoms with E-state index in [1.165, 1.54) is 0 Å². The molecule has 2 aliphatic rings. The summed E-state index contributed by atoms with van der Waals surface area (Å²) in [6.07, 6.45) is 4.97. The Kier molecular flexibility index (Phi) is 2.74. The Balaban J connectivity index is 1.86. The first kappa shape index (κ1) is 9.93. The van der Waals surface area contributed by atoms with Gasteiger partial charge in [-0.1, -0.05) is 0 Å². The van der Waals surface area contributed by atoms with E-state index in [0.717, 1.165) is 45.3 Å². The third-order valence-corrected chi connectivity index (χ3v) is 3.15. The highest BCUT2D eigenvalue weighted by molar-refractivity contribution is 5.87. The molecule has 4 nitrogen and oxygen atoms in total. The highest BCUT2D eigenvalue weighted by atomic mass is 16.5. The molecule has 0 aromatic heterocycles. The molecule has 1 unspecified atom stereocenters. The molecule has 1 saturated heterocycles. The quantitative estimate of drug-likeness (QED) is 0.679. The summed E-state index contributed by atoms with van der Waals surface area (Å²) in [6, 6.07) is 0.410. The molecule has 0 aromatic rings. The summed E-state index contributed by atoms with van der Waals surface area (Å²) in [5.41, 5.74) is 4.99. The second-order valence-corrected chi connectivity index (χ2v) is 4.33. The second-order valence-electron chi connectivity index (χ2n) is 4.33. The van der Waals surface area contributed by atoms with Gasteiger partial charge in [-0.25, -0.2) is 0 Å². The van der Waals surface area contributed by atoms with Crippen LogP contribution in [0, 0.1) is 0 Å². The molecule has 1 amide bonds. The molecule has 1 atom stereocenters. The van der Waals surface area contributed by atoms with Gasteiger partial charge in [-0.3, -0.25) is 4.79 Å². The van der Waals surface area contributed by atoms with Crippen molar-refractivity contribution in [2.24, 2.45) is 5.73 Å². The Labute approximate surface area is 84.2 Å². The number of carbonyl (C=O) groups is 1. The van der Waals surface area contributed by atoms with Gasteiger partial charge in [-0.05, 0) is 32.1 Å². The van der Waals surface area contributed by atoms with E-state index in [4.69, 9.17) is 10.5 Å². The minimum Gasteiger partial charge on any atom is -0.381 e. The Morgan fingerprint density at radius 2 is 2.14 bits per heavy atom. The zero-order valence-corrected chi connectivity index (χ0v) is 8.42. The monoisotopic (exact) mass is 198 g/mol. The summed E-state index contributed by atoms with van der Waals surface area (Å²) in [6.45, 7) is 1.65. The first-order valence-corrected chi connectivity index (χ1v) is 5.38. The van der Waals surface area contributed by atoms with Crippen LogP contribution < -0.4 is 11.1 Å². The standard InChI is InChI=1S/C10H18N2O2/c11-9(13)10(4-5-10)12-8-2-1-6-14-7-3-8/h8,12H,1-7H2,(H2,11,13). The summed E-state index contributed by atoms with van der Waals surface area (Å²) in [5.74, 6) is -0.192. The van der Waals surface area contributed by atoms with Crippen molar-refractivity contribution in [3.05, 3.63) is 0 Å². The van der Waals surface area contributed by atoms with Gasteiger partial charge in [0.25, 0.3) is 0 Å². The van der Waals surface area contributed by atoms with Crippen molar-refractivity contribution in [1.29, 1.82) is 0 Å². The molecular formula is C10H18N2O2. The fourth-order valence-corrected chi connectivity index (χ4v) is 2.03. The van der Waals surface area contributed by atoms with Crippen LogP contribution in [-0.4, -0.2) is 30.7 Å². The summed E-state index contributed by atoms with van der Waals surface area (Å²) in [4.78, 5) is 11.2. The van der Waals surface area contributed by atoms with Crippen molar-refractivity contribution in [3.63, 3.8) is 0 Å². The fraction of sp³-hybridized carbons (Fsp3) is 0.900. The Hall–Kier alpha value is -0.610. The van der Waals surface area contributed by atoms with Gasteiger partial charge in [0.2, 0.25) is 5.91 Å². The zero-order chi connectivity index (χ0) is 10.0. The molecule has 1 saturated carbocycles. The predicted octanol–water partition coefficient (Wildman–Crippen LogP) is 0.163. The summed E-state index contributed by atoms with van der Waals surface area (Å²) in [7, 11) is 0. The smallest absolute Gasteiger partial charge is 0.237 e. The van der Waals surface area contributed by atoms with Gasteiger partial charge in [-0.15, -0.1) is 0 Å². The number of hydrogen-bond donors (Lipinski definition) is 2. The van der Waals surface area contributed by atoms with Gasteiger partial charge in [-0.2, -0.15) is 0 Å². The van der Waals surface area contributed by atoms with E-state index in [1.54, 1.807) is 0 Å². The van der Waals surface area contributed by atoms with Crippen molar-refractivity contribution in [2.45, 2.75) is 43.7 Å². The number of hydrogen-bond acceptors (Lipinski definition) is 3. The third kappa shape index (κ3) is 2.07. The lowest BCUT2D eigenvalue weighted by atomic mass is 10.1. The molecular weight excluding hydrogens is 180 g/mol. The van der Waals surface area contributed by atoms with Crippen molar-refractivity contribution < 1.29 is 9.53 Å². The molecule has 3 N–H and O–H groups in total. The fourth-order valence-electron chi connectivity index (χ4n) is 2.03. The van der Waals surface area contributed by atoms with Crippen molar-refractivity contribution in [2.75, 3.05) is 13.2 Å². The average Bonchev–Trinajstić information content (AvgIpc) is 2.91. The van der Waals surface area contributed by atoms with Crippen LogP contribution in [-0.2, 0) is 9.53 Å². The average molecular weight is 198 g/mol. The van der Waals surface area contributed by atoms with Crippen LogP contribution in [0.4, 0.5) is 0 Å². The van der Waals surface area contributed by atoms with Gasteiger partial charge < -0.3 is 15.8 Å². The second kappa shape index (κ2) is 3.87. The first-order chi connectivity index (χ1) is 6.73. The number of amides is 1. The number of rotatable bonds is 3. The molecule has 0 aromatic carbocycles. The van der Waals surface area contributed by atoms with E-state index in [-0.39, 0.29) is 11.4 Å². The van der Waals surface area contributed by atoms with E-state index >= 15 is 0 Å². The Morgan fingerprint density at radius 3 is 2.79 bits per heavy atom. The van der Waals surface area contributed by atoms with Gasteiger partial charge in [0.1, 0.15) is 0 Å². The van der Waals surface area contributed by atoms with Crippen LogP contribution in [0.3, 0.4) is 0 Å². The molecule has 2 rings (SSSR count). The van der Waals surface area contributed by atoms with Crippen LogP contribution in [0.5, 0.6) is 0 Å². The van der Waals surface area contributed by atoms with Gasteiger partial charge >= 0.3 is 0 Å². The van der Waals surface area contributed by atoms with Crippen LogP contribution >= 0.6 is 0 Å². The molecule has 80 valence electrons. The maximum atomic E-state index is 11.2. The summed E-state index contributed by atoms with van der Waals surface area (Å²) >= 11 is 0. The van der Waals surface area contributed by atoms with E-state index in [0.29, 0.717) is 6.04 Å². The maximum absolute atomic E-state index is 11.2. The van der Waals surface area contributed by atoms with E-state index < -0.39 is 0 Å². The maximum Gasteiger partial charge on any atom is 0.237 e. The summed E-state index contributed by atoms with van der Waals surface area (Å²) in [5, 5.41) is 3.39. The van der Waals surface area contributed by atoms with E-state index in [1.807, 2.05) is 0 Å². The van der Waals surface area contributed by atoms with Crippen LogP contribution in [0.25, 0.3) is 0 Å². The number of nitrogens with two attached hydrogens (primary N) is 1. The lowest BCUT2D eigenvalue weighted by molar-refractivity contribution is -0.121. The predicted molar refractivity (Wildman–Crippen MR) is 52.8 cm³/mol. The van der Waals surface area contributed by atoms with Gasteiger partial charge in [0.15, 0.2) is 0 Å². The third-order valence-electron chi connectivity index (χ3n) is 3.15. The molecule has 14 heavy (non-hydrogen) atoms. The Morgan fingerprint density at radius 1 is 1.36 bits per heavy atom.